The molecule has 1 aromatic carbocycles. The fourth-order valence-corrected chi connectivity index (χ4v) is 2.38. The van der Waals surface area contributed by atoms with Gasteiger partial charge in [-0.05, 0) is 18.6 Å². The molecule has 0 spiro atoms. The van der Waals surface area contributed by atoms with Crippen LogP contribution in [-0.2, 0) is 11.2 Å². The molecule has 2 aromatic rings. The number of rotatable bonds is 5. The van der Waals surface area contributed by atoms with Gasteiger partial charge in [0.15, 0.2) is 0 Å². The Balaban J connectivity index is 2.18. The van der Waals surface area contributed by atoms with Crippen molar-refractivity contribution in [1.29, 1.82) is 0 Å². The minimum absolute atomic E-state index is 0.261. The highest BCUT2D eigenvalue weighted by Crippen LogP contribution is 2.24. The van der Waals surface area contributed by atoms with Gasteiger partial charge in [-0.3, -0.25) is 0 Å². The van der Waals surface area contributed by atoms with E-state index in [2.05, 4.69) is 4.98 Å². The molecule has 0 fully saturated rings. The van der Waals surface area contributed by atoms with Crippen LogP contribution >= 0.6 is 11.3 Å². The molecule has 92 valence electrons. The van der Waals surface area contributed by atoms with Gasteiger partial charge in [-0.15, -0.1) is 11.3 Å². The molecule has 0 unspecified atom stereocenters. The van der Waals surface area contributed by atoms with Gasteiger partial charge in [0.1, 0.15) is 11.3 Å². The van der Waals surface area contributed by atoms with Crippen molar-refractivity contribution < 1.29 is 14.7 Å². The van der Waals surface area contributed by atoms with E-state index in [4.69, 9.17) is 5.11 Å². The van der Waals surface area contributed by atoms with Crippen LogP contribution in [0.3, 0.4) is 0 Å². The van der Waals surface area contributed by atoms with Gasteiger partial charge >= 0.3 is 5.97 Å². The molecule has 2 rings (SSSR count). The van der Waals surface area contributed by atoms with Crippen molar-refractivity contribution >= 4 is 23.6 Å². The highest BCUT2D eigenvalue weighted by atomic mass is 32.1. The molecule has 18 heavy (non-hydrogen) atoms. The van der Waals surface area contributed by atoms with E-state index in [1.54, 1.807) is 24.3 Å². The van der Waals surface area contributed by atoms with Gasteiger partial charge in [0.25, 0.3) is 0 Å². The van der Waals surface area contributed by atoms with Crippen LogP contribution in [0.5, 0.6) is 0 Å². The quantitative estimate of drug-likeness (QED) is 0.840. The summed E-state index contributed by atoms with van der Waals surface area (Å²) < 4.78 is 0. The molecule has 0 saturated carbocycles. The number of aldehydes is 1. The first-order chi connectivity index (χ1) is 8.70. The molecule has 0 aliphatic carbocycles. The molecule has 1 N–H and O–H groups in total. The number of benzene rings is 1. The molecule has 1 heterocycles. The number of aryl methyl sites for hydroxylation is 1. The Labute approximate surface area is 108 Å². The Morgan fingerprint density at radius 3 is 2.67 bits per heavy atom. The Morgan fingerprint density at radius 2 is 2.06 bits per heavy atom. The minimum Gasteiger partial charge on any atom is -0.478 e. The Kier molecular flexibility index (Phi) is 3.84. The minimum atomic E-state index is -0.938. The summed E-state index contributed by atoms with van der Waals surface area (Å²) in [5.74, 6) is -0.938. The molecule has 0 saturated heterocycles. The van der Waals surface area contributed by atoms with E-state index in [1.807, 2.05) is 5.38 Å². The summed E-state index contributed by atoms with van der Waals surface area (Å²) in [5.41, 5.74) is 2.04. The normalized spacial score (nSPS) is 10.2. The number of carboxylic acids is 1. The van der Waals surface area contributed by atoms with Crippen LogP contribution in [-0.4, -0.2) is 22.3 Å². The second kappa shape index (κ2) is 5.55. The summed E-state index contributed by atoms with van der Waals surface area (Å²) in [6.45, 7) is 0. The van der Waals surface area contributed by atoms with Crippen LogP contribution in [0, 0.1) is 0 Å². The number of hydrogen-bond donors (Lipinski definition) is 1. The largest absolute Gasteiger partial charge is 0.478 e. The third kappa shape index (κ3) is 2.81. The summed E-state index contributed by atoms with van der Waals surface area (Å²) in [6, 6.07) is 6.60. The second-order valence-electron chi connectivity index (χ2n) is 3.73. The van der Waals surface area contributed by atoms with Crippen LogP contribution in [0.1, 0.15) is 22.5 Å². The number of carboxylic acid groups (broad SMARTS) is 1. The zero-order valence-electron chi connectivity index (χ0n) is 9.50. The molecule has 5 heteroatoms. The van der Waals surface area contributed by atoms with Crippen molar-refractivity contribution in [3.63, 3.8) is 0 Å². The molecule has 0 radical (unpaired) electrons. The zero-order chi connectivity index (χ0) is 13.0. The highest BCUT2D eigenvalue weighted by molar-refractivity contribution is 7.13. The summed E-state index contributed by atoms with van der Waals surface area (Å²) in [6.07, 6.45) is 2.00. The Morgan fingerprint density at radius 1 is 1.33 bits per heavy atom. The standard InChI is InChI=1S/C13H11NO3S/c15-7-1-2-11-8-18-12(14-11)9-3-5-10(6-4-9)13(16)17/h3-8H,1-2H2,(H,16,17). The predicted molar refractivity (Wildman–Crippen MR) is 68.9 cm³/mol. The van der Waals surface area contributed by atoms with Gasteiger partial charge in [0.2, 0.25) is 0 Å². The van der Waals surface area contributed by atoms with E-state index in [-0.39, 0.29) is 5.56 Å². The van der Waals surface area contributed by atoms with Crippen molar-refractivity contribution in [2.24, 2.45) is 0 Å². The maximum Gasteiger partial charge on any atom is 0.335 e. The lowest BCUT2D eigenvalue weighted by molar-refractivity contribution is -0.107. The van der Waals surface area contributed by atoms with Crippen LogP contribution in [0.4, 0.5) is 0 Å². The van der Waals surface area contributed by atoms with Crippen molar-refractivity contribution in [2.45, 2.75) is 12.8 Å². The molecule has 0 aliphatic heterocycles. The Bertz CT molecular complexity index is 560. The van der Waals surface area contributed by atoms with Gasteiger partial charge in [0, 0.05) is 17.4 Å². The van der Waals surface area contributed by atoms with Crippen molar-refractivity contribution in [2.75, 3.05) is 0 Å². The van der Waals surface area contributed by atoms with Gasteiger partial charge in [0.05, 0.1) is 11.3 Å². The summed E-state index contributed by atoms with van der Waals surface area (Å²) >= 11 is 1.49. The third-order valence-corrected chi connectivity index (χ3v) is 3.39. The van der Waals surface area contributed by atoms with Gasteiger partial charge in [-0.2, -0.15) is 0 Å². The summed E-state index contributed by atoms with van der Waals surface area (Å²) in [5, 5.41) is 11.6. The fourth-order valence-electron chi connectivity index (χ4n) is 1.52. The number of thiazole rings is 1. The Hall–Kier alpha value is -2.01. The average Bonchev–Trinajstić information content (AvgIpc) is 2.85. The topological polar surface area (TPSA) is 67.3 Å². The third-order valence-electron chi connectivity index (χ3n) is 2.45. The number of carbonyl (C=O) groups excluding carboxylic acids is 1. The molecule has 1 aromatic heterocycles. The van der Waals surface area contributed by atoms with Crippen LogP contribution in [0.15, 0.2) is 29.6 Å². The lowest BCUT2D eigenvalue weighted by Crippen LogP contribution is -1.94. The highest BCUT2D eigenvalue weighted by Gasteiger charge is 2.06. The molecular weight excluding hydrogens is 250 g/mol. The SMILES string of the molecule is O=CCCc1csc(-c2ccc(C(=O)O)cc2)n1. The van der Waals surface area contributed by atoms with Gasteiger partial charge in [-0.25, -0.2) is 9.78 Å². The molecule has 4 nitrogen and oxygen atoms in total. The maximum absolute atomic E-state index is 10.7. The molecule has 0 bridgehead atoms. The average molecular weight is 261 g/mol. The lowest BCUT2D eigenvalue weighted by atomic mass is 10.1. The first-order valence-corrected chi connectivity index (χ1v) is 6.30. The monoisotopic (exact) mass is 261 g/mol. The van der Waals surface area contributed by atoms with E-state index in [1.165, 1.54) is 11.3 Å². The van der Waals surface area contributed by atoms with E-state index < -0.39 is 5.97 Å². The first kappa shape index (κ1) is 12.4. The smallest absolute Gasteiger partial charge is 0.335 e. The van der Waals surface area contributed by atoms with E-state index >= 15 is 0 Å². The van der Waals surface area contributed by atoms with Gasteiger partial charge < -0.3 is 9.90 Å². The molecule has 0 amide bonds. The lowest BCUT2D eigenvalue weighted by Gasteiger charge is -1.97. The van der Waals surface area contributed by atoms with E-state index in [9.17, 15) is 9.59 Å². The van der Waals surface area contributed by atoms with Gasteiger partial charge in [-0.1, -0.05) is 12.1 Å². The number of aromatic nitrogens is 1. The second-order valence-corrected chi connectivity index (χ2v) is 4.59. The first-order valence-electron chi connectivity index (χ1n) is 5.42. The van der Waals surface area contributed by atoms with E-state index in [0.717, 1.165) is 22.6 Å². The van der Waals surface area contributed by atoms with E-state index in [0.29, 0.717) is 12.8 Å². The number of nitrogens with zero attached hydrogens (tertiary/aromatic N) is 1. The maximum atomic E-state index is 10.7. The number of aromatic carboxylic acids is 1. The number of hydrogen-bond acceptors (Lipinski definition) is 4. The van der Waals surface area contributed by atoms with Crippen LogP contribution in [0.2, 0.25) is 0 Å². The van der Waals surface area contributed by atoms with Crippen molar-refractivity contribution in [3.8, 4) is 10.6 Å². The summed E-state index contributed by atoms with van der Waals surface area (Å²) in [4.78, 5) is 25.4. The molecule has 0 atom stereocenters. The predicted octanol–water partition coefficient (Wildman–Crippen LogP) is 2.64. The number of carbonyl (C=O) groups is 2. The van der Waals surface area contributed by atoms with Crippen LogP contribution < -0.4 is 0 Å². The van der Waals surface area contributed by atoms with Crippen LogP contribution in [0.25, 0.3) is 10.6 Å². The summed E-state index contributed by atoms with van der Waals surface area (Å²) in [7, 11) is 0. The van der Waals surface area contributed by atoms with Crippen molar-refractivity contribution in [1.82, 2.24) is 4.98 Å². The fraction of sp³-hybridized carbons (Fsp3) is 0.154. The zero-order valence-corrected chi connectivity index (χ0v) is 10.3. The molecular formula is C13H11NO3S. The van der Waals surface area contributed by atoms with Crippen molar-refractivity contribution in [3.05, 3.63) is 40.9 Å². The molecule has 0 aliphatic rings.